The highest BCUT2D eigenvalue weighted by Gasteiger charge is 2.36. The summed E-state index contributed by atoms with van der Waals surface area (Å²) in [5.41, 5.74) is 1.29. The van der Waals surface area contributed by atoms with Gasteiger partial charge < -0.3 is 9.80 Å². The Morgan fingerprint density at radius 3 is 2.42 bits per heavy atom. The Morgan fingerprint density at radius 1 is 1.00 bits per heavy atom. The molecule has 1 aliphatic rings. The van der Waals surface area contributed by atoms with Gasteiger partial charge in [-0.15, -0.1) is 0 Å². The number of carbonyl (C=O) groups is 2. The average molecular weight is 460 g/mol. The second-order valence-corrected chi connectivity index (χ2v) is 9.58. The fraction of sp³-hybridized carbons (Fsp3) is 0.160. The van der Waals surface area contributed by atoms with E-state index in [0.29, 0.717) is 0 Å². The molecule has 0 saturated carbocycles. The molecule has 7 nitrogen and oxygen atoms in total. The molecule has 8 heteroatoms. The van der Waals surface area contributed by atoms with Gasteiger partial charge >= 0.3 is 0 Å². The molecule has 0 N–H and O–H groups in total. The van der Waals surface area contributed by atoms with E-state index in [2.05, 4.69) is 0 Å². The Hall–Kier alpha value is -3.96. The monoisotopic (exact) mass is 459 g/mol. The highest BCUT2D eigenvalue weighted by Crippen LogP contribution is 2.38. The van der Waals surface area contributed by atoms with Crippen LogP contribution >= 0.6 is 0 Å². The second-order valence-electron chi connectivity index (χ2n) is 7.69. The van der Waals surface area contributed by atoms with Gasteiger partial charge in [-0.3, -0.25) is 9.59 Å². The SMILES string of the molecule is CN(CCC#N)C(=O)c1ccc2c(c1)N(Cc1ccccc1)C(=O)c1ccccc1S2(=O)=O. The van der Waals surface area contributed by atoms with Gasteiger partial charge in [-0.2, -0.15) is 5.26 Å². The number of benzene rings is 3. The number of rotatable bonds is 5. The van der Waals surface area contributed by atoms with Crippen LogP contribution in [0.3, 0.4) is 0 Å². The summed E-state index contributed by atoms with van der Waals surface area (Å²) in [7, 11) is -2.43. The molecule has 0 unspecified atom stereocenters. The van der Waals surface area contributed by atoms with E-state index >= 15 is 0 Å². The van der Waals surface area contributed by atoms with Gasteiger partial charge in [-0.1, -0.05) is 42.5 Å². The van der Waals surface area contributed by atoms with Crippen LogP contribution in [-0.4, -0.2) is 38.7 Å². The van der Waals surface area contributed by atoms with Crippen LogP contribution in [0.2, 0.25) is 0 Å². The molecule has 166 valence electrons. The fourth-order valence-corrected chi connectivity index (χ4v) is 5.43. The zero-order chi connectivity index (χ0) is 23.6. The minimum Gasteiger partial charge on any atom is -0.341 e. The van der Waals surface area contributed by atoms with Gasteiger partial charge in [-0.05, 0) is 35.9 Å². The van der Waals surface area contributed by atoms with Gasteiger partial charge in [0.1, 0.15) is 0 Å². The summed E-state index contributed by atoms with van der Waals surface area (Å²) < 4.78 is 27.0. The van der Waals surface area contributed by atoms with E-state index in [9.17, 15) is 18.0 Å². The molecule has 33 heavy (non-hydrogen) atoms. The van der Waals surface area contributed by atoms with Crippen molar-refractivity contribution < 1.29 is 18.0 Å². The molecule has 1 heterocycles. The maximum atomic E-state index is 13.6. The van der Waals surface area contributed by atoms with E-state index in [4.69, 9.17) is 5.26 Å². The molecular formula is C25H21N3O4S. The summed E-state index contributed by atoms with van der Waals surface area (Å²) in [5, 5.41) is 8.81. The van der Waals surface area contributed by atoms with Crippen molar-refractivity contribution in [3.8, 4) is 6.07 Å². The van der Waals surface area contributed by atoms with Crippen LogP contribution in [0.5, 0.6) is 0 Å². The number of anilines is 1. The first-order valence-corrected chi connectivity index (χ1v) is 11.8. The summed E-state index contributed by atoms with van der Waals surface area (Å²) in [4.78, 5) is 29.2. The van der Waals surface area contributed by atoms with E-state index in [1.807, 2.05) is 36.4 Å². The Morgan fingerprint density at radius 2 is 1.70 bits per heavy atom. The van der Waals surface area contributed by atoms with Gasteiger partial charge in [0.15, 0.2) is 0 Å². The normalized spacial score (nSPS) is 13.9. The predicted molar refractivity (Wildman–Crippen MR) is 122 cm³/mol. The minimum absolute atomic E-state index is 0.0343. The third kappa shape index (κ3) is 4.11. The molecule has 0 bridgehead atoms. The first-order chi connectivity index (χ1) is 15.8. The largest absolute Gasteiger partial charge is 0.341 e. The molecule has 0 atom stereocenters. The topological polar surface area (TPSA) is 98.5 Å². The smallest absolute Gasteiger partial charge is 0.259 e. The highest BCUT2D eigenvalue weighted by atomic mass is 32.2. The Kier molecular flexibility index (Phi) is 5.99. The van der Waals surface area contributed by atoms with E-state index in [1.165, 1.54) is 40.1 Å². The summed E-state index contributed by atoms with van der Waals surface area (Å²) in [6.07, 6.45) is 0.176. The van der Waals surface area contributed by atoms with Crippen LogP contribution < -0.4 is 4.90 Å². The molecule has 0 spiro atoms. The Bertz CT molecular complexity index is 1380. The Balaban J connectivity index is 1.89. The molecule has 3 aromatic rings. The van der Waals surface area contributed by atoms with Gasteiger partial charge in [0, 0.05) is 19.2 Å². The number of fused-ring (bicyclic) bond motifs is 2. The average Bonchev–Trinajstić information content (AvgIpc) is 2.90. The lowest BCUT2D eigenvalue weighted by molar-refractivity contribution is 0.0797. The molecule has 1 aliphatic heterocycles. The molecule has 0 radical (unpaired) electrons. The number of hydrogen-bond acceptors (Lipinski definition) is 5. The molecule has 0 fully saturated rings. The molecule has 0 aliphatic carbocycles. The van der Waals surface area contributed by atoms with E-state index in [-0.39, 0.29) is 52.0 Å². The van der Waals surface area contributed by atoms with Crippen LogP contribution in [0.4, 0.5) is 5.69 Å². The maximum absolute atomic E-state index is 13.6. The molecule has 0 saturated heterocycles. The minimum atomic E-state index is -4.00. The number of carbonyl (C=O) groups excluding carboxylic acids is 2. The van der Waals surface area contributed by atoms with E-state index < -0.39 is 15.7 Å². The lowest BCUT2D eigenvalue weighted by Gasteiger charge is -2.24. The zero-order valence-corrected chi connectivity index (χ0v) is 18.7. The number of amides is 2. The van der Waals surface area contributed by atoms with Crippen molar-refractivity contribution in [3.63, 3.8) is 0 Å². The van der Waals surface area contributed by atoms with Crippen molar-refractivity contribution in [2.75, 3.05) is 18.5 Å². The predicted octanol–water partition coefficient (Wildman–Crippen LogP) is 3.67. The Labute approximate surface area is 192 Å². The summed E-state index contributed by atoms with van der Waals surface area (Å²) in [6, 6.07) is 21.6. The first-order valence-electron chi connectivity index (χ1n) is 10.3. The summed E-state index contributed by atoms with van der Waals surface area (Å²) >= 11 is 0. The van der Waals surface area contributed by atoms with Gasteiger partial charge in [-0.25, -0.2) is 8.42 Å². The third-order valence-corrected chi connectivity index (χ3v) is 7.39. The van der Waals surface area contributed by atoms with Crippen molar-refractivity contribution in [2.45, 2.75) is 22.8 Å². The van der Waals surface area contributed by atoms with Crippen LogP contribution in [0, 0.1) is 11.3 Å². The standard InChI is InChI=1S/C25H21N3O4S/c1-27(15-7-14-26)24(29)19-12-13-23-21(16-19)28(17-18-8-3-2-4-9-18)25(30)20-10-5-6-11-22(20)33(23,31)32/h2-6,8-13,16H,7,15,17H2,1H3. The number of nitrogens with zero attached hydrogens (tertiary/aromatic N) is 3. The quantitative estimate of drug-likeness (QED) is 0.580. The van der Waals surface area contributed by atoms with Gasteiger partial charge in [0.2, 0.25) is 9.84 Å². The van der Waals surface area contributed by atoms with Crippen molar-refractivity contribution in [2.24, 2.45) is 0 Å². The molecule has 0 aromatic heterocycles. The third-order valence-electron chi connectivity index (χ3n) is 5.53. The zero-order valence-electron chi connectivity index (χ0n) is 17.9. The summed E-state index contributed by atoms with van der Waals surface area (Å²) in [6.45, 7) is 0.376. The molecule has 2 amide bonds. The molecule has 4 rings (SSSR count). The van der Waals surface area contributed by atoms with E-state index in [1.54, 1.807) is 19.2 Å². The molecular weight excluding hydrogens is 438 g/mol. The van der Waals surface area contributed by atoms with Gasteiger partial charge in [0.05, 0.1) is 40.1 Å². The highest BCUT2D eigenvalue weighted by molar-refractivity contribution is 7.91. The number of sulfone groups is 1. The maximum Gasteiger partial charge on any atom is 0.259 e. The van der Waals surface area contributed by atoms with Crippen LogP contribution in [0.15, 0.2) is 82.6 Å². The van der Waals surface area contributed by atoms with Gasteiger partial charge in [0.25, 0.3) is 11.8 Å². The molecule has 3 aromatic carbocycles. The second kappa shape index (κ2) is 8.88. The van der Waals surface area contributed by atoms with Crippen molar-refractivity contribution in [1.82, 2.24) is 4.90 Å². The number of nitriles is 1. The van der Waals surface area contributed by atoms with E-state index in [0.717, 1.165) is 5.56 Å². The summed E-state index contributed by atoms with van der Waals surface area (Å²) in [5.74, 6) is -0.821. The van der Waals surface area contributed by atoms with Crippen LogP contribution in [0.1, 0.15) is 32.7 Å². The van der Waals surface area contributed by atoms with Crippen LogP contribution in [-0.2, 0) is 16.4 Å². The van der Waals surface area contributed by atoms with Crippen molar-refractivity contribution in [1.29, 1.82) is 5.26 Å². The lowest BCUT2D eigenvalue weighted by Crippen LogP contribution is -2.31. The first kappa shape index (κ1) is 22.2. The van der Waals surface area contributed by atoms with Crippen molar-refractivity contribution >= 4 is 27.3 Å². The fourth-order valence-electron chi connectivity index (χ4n) is 3.80. The lowest BCUT2D eigenvalue weighted by atomic mass is 10.1. The number of hydrogen-bond donors (Lipinski definition) is 0. The van der Waals surface area contributed by atoms with Crippen LogP contribution in [0.25, 0.3) is 0 Å². The van der Waals surface area contributed by atoms with Crippen molar-refractivity contribution in [3.05, 3.63) is 89.5 Å².